The summed E-state index contributed by atoms with van der Waals surface area (Å²) >= 11 is 6.33. The zero-order valence-electron chi connectivity index (χ0n) is 12.0. The zero-order valence-corrected chi connectivity index (χ0v) is 12.7. The third-order valence-corrected chi connectivity index (χ3v) is 4.80. The quantitative estimate of drug-likeness (QED) is 0.809. The van der Waals surface area contributed by atoms with Gasteiger partial charge in [0.15, 0.2) is 11.5 Å². The Morgan fingerprint density at radius 1 is 1.15 bits per heavy atom. The van der Waals surface area contributed by atoms with Crippen molar-refractivity contribution in [2.45, 2.75) is 51.5 Å². The van der Waals surface area contributed by atoms with Gasteiger partial charge in [-0.2, -0.15) is 0 Å². The van der Waals surface area contributed by atoms with E-state index in [0.717, 1.165) is 23.1 Å². The van der Waals surface area contributed by atoms with Crippen LogP contribution in [-0.4, -0.2) is 12.8 Å². The van der Waals surface area contributed by atoms with Crippen molar-refractivity contribution in [3.63, 3.8) is 0 Å². The smallest absolute Gasteiger partial charge is 0.231 e. The molecule has 110 valence electrons. The SMILES string of the molecule is CCC1CCCC(Nc2cc3c(cc2Cl)OCO3)CC1. The number of rotatable bonds is 3. The Hall–Kier alpha value is -1.09. The number of hydrogen-bond donors (Lipinski definition) is 1. The highest BCUT2D eigenvalue weighted by Crippen LogP contribution is 2.40. The highest BCUT2D eigenvalue weighted by atomic mass is 35.5. The monoisotopic (exact) mass is 295 g/mol. The molecule has 2 unspecified atom stereocenters. The second kappa shape index (κ2) is 6.13. The lowest BCUT2D eigenvalue weighted by molar-refractivity contribution is 0.174. The lowest BCUT2D eigenvalue weighted by atomic mass is 9.98. The molecule has 2 atom stereocenters. The maximum Gasteiger partial charge on any atom is 0.231 e. The topological polar surface area (TPSA) is 30.5 Å². The van der Waals surface area contributed by atoms with Crippen molar-refractivity contribution in [2.24, 2.45) is 5.92 Å². The van der Waals surface area contributed by atoms with Crippen LogP contribution in [-0.2, 0) is 0 Å². The summed E-state index contributed by atoms with van der Waals surface area (Å²) in [6.07, 6.45) is 7.74. The van der Waals surface area contributed by atoms with E-state index in [-0.39, 0.29) is 6.79 Å². The van der Waals surface area contributed by atoms with Gasteiger partial charge in [0.25, 0.3) is 0 Å². The molecule has 0 radical (unpaired) electrons. The van der Waals surface area contributed by atoms with Crippen molar-refractivity contribution in [1.29, 1.82) is 0 Å². The Balaban J connectivity index is 1.68. The Morgan fingerprint density at radius 2 is 1.95 bits per heavy atom. The molecule has 0 spiro atoms. The van der Waals surface area contributed by atoms with Gasteiger partial charge in [0.1, 0.15) is 0 Å². The second-order valence-electron chi connectivity index (χ2n) is 5.81. The number of anilines is 1. The molecule has 2 aliphatic rings. The summed E-state index contributed by atoms with van der Waals surface area (Å²) in [4.78, 5) is 0. The van der Waals surface area contributed by atoms with E-state index >= 15 is 0 Å². The Kier molecular flexibility index (Phi) is 4.25. The van der Waals surface area contributed by atoms with Crippen LogP contribution in [0, 0.1) is 5.92 Å². The highest BCUT2D eigenvalue weighted by Gasteiger charge is 2.21. The van der Waals surface area contributed by atoms with E-state index in [1.807, 2.05) is 12.1 Å². The van der Waals surface area contributed by atoms with E-state index in [1.54, 1.807) is 0 Å². The van der Waals surface area contributed by atoms with Crippen LogP contribution in [0.1, 0.15) is 45.4 Å². The van der Waals surface area contributed by atoms with Crippen LogP contribution in [0.5, 0.6) is 11.5 Å². The van der Waals surface area contributed by atoms with E-state index in [4.69, 9.17) is 21.1 Å². The van der Waals surface area contributed by atoms with Gasteiger partial charge in [-0.25, -0.2) is 0 Å². The molecule has 20 heavy (non-hydrogen) atoms. The molecule has 3 rings (SSSR count). The maximum atomic E-state index is 6.33. The molecule has 3 nitrogen and oxygen atoms in total. The van der Waals surface area contributed by atoms with Crippen LogP contribution >= 0.6 is 11.6 Å². The van der Waals surface area contributed by atoms with E-state index in [9.17, 15) is 0 Å². The molecule has 4 heteroatoms. The first-order chi connectivity index (χ1) is 9.76. The average Bonchev–Trinajstić information content (AvgIpc) is 2.76. The number of halogens is 1. The fourth-order valence-electron chi connectivity index (χ4n) is 3.18. The minimum atomic E-state index is 0.288. The Bertz CT molecular complexity index is 478. The number of ether oxygens (including phenoxy) is 2. The van der Waals surface area contributed by atoms with Crippen molar-refractivity contribution >= 4 is 17.3 Å². The molecule has 1 heterocycles. The average molecular weight is 296 g/mol. The molecule has 1 aromatic carbocycles. The van der Waals surface area contributed by atoms with Crippen LogP contribution in [0.3, 0.4) is 0 Å². The number of nitrogens with one attached hydrogen (secondary N) is 1. The molecule has 0 aromatic heterocycles. The molecule has 1 N–H and O–H groups in total. The molecule has 0 bridgehead atoms. The van der Waals surface area contributed by atoms with Crippen LogP contribution < -0.4 is 14.8 Å². The minimum Gasteiger partial charge on any atom is -0.454 e. The normalized spacial score (nSPS) is 25.3. The number of benzene rings is 1. The number of fused-ring (bicyclic) bond motifs is 1. The van der Waals surface area contributed by atoms with E-state index < -0.39 is 0 Å². The second-order valence-corrected chi connectivity index (χ2v) is 6.22. The molecule has 1 aromatic rings. The van der Waals surface area contributed by atoms with Gasteiger partial charge < -0.3 is 14.8 Å². The molecule has 0 amide bonds. The van der Waals surface area contributed by atoms with Gasteiger partial charge >= 0.3 is 0 Å². The van der Waals surface area contributed by atoms with Gasteiger partial charge in [-0.3, -0.25) is 0 Å². The summed E-state index contributed by atoms with van der Waals surface area (Å²) < 4.78 is 10.8. The Labute approximate surface area is 125 Å². The summed E-state index contributed by atoms with van der Waals surface area (Å²) in [5.41, 5.74) is 0.968. The van der Waals surface area contributed by atoms with Gasteiger partial charge in [0, 0.05) is 18.2 Å². The van der Waals surface area contributed by atoms with Crippen LogP contribution in [0.4, 0.5) is 5.69 Å². The lowest BCUT2D eigenvalue weighted by Crippen LogP contribution is -2.18. The van der Waals surface area contributed by atoms with Crippen molar-refractivity contribution < 1.29 is 9.47 Å². The predicted molar refractivity (Wildman–Crippen MR) is 81.9 cm³/mol. The van der Waals surface area contributed by atoms with Gasteiger partial charge in [-0.15, -0.1) is 0 Å². The fraction of sp³-hybridized carbons (Fsp3) is 0.625. The molecule has 0 saturated heterocycles. The summed E-state index contributed by atoms with van der Waals surface area (Å²) in [5.74, 6) is 2.43. The molecule has 1 saturated carbocycles. The fourth-order valence-corrected chi connectivity index (χ4v) is 3.39. The third-order valence-electron chi connectivity index (χ3n) is 4.49. The molecule has 1 fully saturated rings. The zero-order chi connectivity index (χ0) is 13.9. The van der Waals surface area contributed by atoms with E-state index in [0.29, 0.717) is 11.1 Å². The summed E-state index contributed by atoms with van der Waals surface area (Å²) in [6, 6.07) is 4.33. The van der Waals surface area contributed by atoms with Gasteiger partial charge in [0.2, 0.25) is 6.79 Å². The van der Waals surface area contributed by atoms with E-state index in [1.165, 1.54) is 38.5 Å². The minimum absolute atomic E-state index is 0.288. The van der Waals surface area contributed by atoms with Crippen molar-refractivity contribution in [3.8, 4) is 11.5 Å². The summed E-state index contributed by atoms with van der Waals surface area (Å²) in [7, 11) is 0. The van der Waals surface area contributed by atoms with Gasteiger partial charge in [-0.05, 0) is 25.2 Å². The van der Waals surface area contributed by atoms with Crippen molar-refractivity contribution in [3.05, 3.63) is 17.2 Å². The van der Waals surface area contributed by atoms with Crippen molar-refractivity contribution in [1.82, 2.24) is 0 Å². The summed E-state index contributed by atoms with van der Waals surface area (Å²) in [6.45, 7) is 2.59. The Morgan fingerprint density at radius 3 is 2.75 bits per heavy atom. The lowest BCUT2D eigenvalue weighted by Gasteiger charge is -2.19. The summed E-state index contributed by atoms with van der Waals surface area (Å²) in [5, 5.41) is 4.31. The highest BCUT2D eigenvalue weighted by molar-refractivity contribution is 6.33. The van der Waals surface area contributed by atoms with E-state index in [2.05, 4.69) is 12.2 Å². The third kappa shape index (κ3) is 2.98. The molecular weight excluding hydrogens is 274 g/mol. The predicted octanol–water partition coefficient (Wildman–Crippen LogP) is 4.84. The van der Waals surface area contributed by atoms with Crippen LogP contribution in [0.2, 0.25) is 5.02 Å². The standard InChI is InChI=1S/C16H22ClNO2/c1-2-11-4-3-5-12(7-6-11)18-14-9-16-15(8-13(14)17)19-10-20-16/h8-9,11-12,18H,2-7,10H2,1H3. The maximum absolute atomic E-state index is 6.33. The van der Waals surface area contributed by atoms with Crippen LogP contribution in [0.25, 0.3) is 0 Å². The van der Waals surface area contributed by atoms with Crippen LogP contribution in [0.15, 0.2) is 12.1 Å². The van der Waals surface area contributed by atoms with Gasteiger partial charge in [-0.1, -0.05) is 37.8 Å². The first kappa shape index (κ1) is 13.9. The number of hydrogen-bond acceptors (Lipinski definition) is 3. The first-order valence-electron chi connectivity index (χ1n) is 7.62. The molecule has 1 aliphatic heterocycles. The first-order valence-corrected chi connectivity index (χ1v) is 7.99. The van der Waals surface area contributed by atoms with Crippen molar-refractivity contribution in [2.75, 3.05) is 12.1 Å². The molecule has 1 aliphatic carbocycles. The van der Waals surface area contributed by atoms with Gasteiger partial charge in [0.05, 0.1) is 10.7 Å². The largest absolute Gasteiger partial charge is 0.454 e. The molecular formula is C16H22ClNO2.